The van der Waals surface area contributed by atoms with Crippen LogP contribution in [0.25, 0.3) is 0 Å². The van der Waals surface area contributed by atoms with Crippen molar-refractivity contribution in [3.05, 3.63) is 34.4 Å². The molecule has 1 saturated heterocycles. The fourth-order valence-corrected chi connectivity index (χ4v) is 1.66. The van der Waals surface area contributed by atoms with Gasteiger partial charge in [-0.15, -0.1) is 0 Å². The van der Waals surface area contributed by atoms with Gasteiger partial charge in [0.15, 0.2) is 6.29 Å². The van der Waals surface area contributed by atoms with E-state index in [0.29, 0.717) is 0 Å². The summed E-state index contributed by atoms with van der Waals surface area (Å²) in [5, 5.41) is 63.4. The molecule has 1 aromatic carbocycles. The first-order valence-electron chi connectivity index (χ1n) is 6.20. The predicted molar refractivity (Wildman–Crippen MR) is 70.7 cm³/mol. The van der Waals surface area contributed by atoms with Crippen LogP contribution in [-0.2, 0) is 4.74 Å². The van der Waals surface area contributed by atoms with Crippen molar-refractivity contribution >= 4 is 5.69 Å². The predicted octanol–water partition coefficient (Wildman–Crippen LogP) is -1.92. The normalized spacial score (nSPS) is 31.0. The van der Waals surface area contributed by atoms with Crippen LogP contribution in [-0.4, -0.2) is 72.9 Å². The van der Waals surface area contributed by atoms with E-state index in [1.54, 1.807) is 0 Å². The molecule has 22 heavy (non-hydrogen) atoms. The van der Waals surface area contributed by atoms with Crippen LogP contribution in [0.3, 0.4) is 0 Å². The maximum atomic E-state index is 10.0. The standard InChI is InChI=1S/C6H5NO3.C6H12O6/c8-6-3-1-5(2-4-6)7(9)10;7-1-2-3(8)4(9)5(10)6(11)12-2/h1-4,8H;2-11H,1H2/t;2-,3-,4+,5-,6-/m.1/s1. The average molecular weight is 319 g/mol. The molecule has 1 aromatic rings. The molecule has 0 amide bonds. The number of aliphatic hydroxyl groups excluding tert-OH is 5. The van der Waals surface area contributed by atoms with Crippen molar-refractivity contribution in [1.29, 1.82) is 0 Å². The number of phenols is 1. The van der Waals surface area contributed by atoms with Gasteiger partial charge in [0, 0.05) is 12.1 Å². The van der Waals surface area contributed by atoms with Crippen LogP contribution in [0.15, 0.2) is 24.3 Å². The molecule has 124 valence electrons. The number of nitrogens with zero attached hydrogens (tertiary/aromatic N) is 1. The Labute approximate surface area is 124 Å². The number of benzene rings is 1. The van der Waals surface area contributed by atoms with Crippen molar-refractivity contribution in [2.45, 2.75) is 30.7 Å². The van der Waals surface area contributed by atoms with Gasteiger partial charge in [-0.1, -0.05) is 0 Å². The smallest absolute Gasteiger partial charge is 0.269 e. The lowest BCUT2D eigenvalue weighted by Gasteiger charge is -2.37. The van der Waals surface area contributed by atoms with E-state index in [0.717, 1.165) is 0 Å². The summed E-state index contributed by atoms with van der Waals surface area (Å²) >= 11 is 0. The van der Waals surface area contributed by atoms with E-state index in [2.05, 4.69) is 4.74 Å². The number of nitro benzene ring substituents is 1. The van der Waals surface area contributed by atoms with Crippen LogP contribution in [0.4, 0.5) is 5.69 Å². The maximum Gasteiger partial charge on any atom is 0.269 e. The molecule has 0 aromatic heterocycles. The van der Waals surface area contributed by atoms with Crippen LogP contribution >= 0.6 is 0 Å². The van der Waals surface area contributed by atoms with Crippen molar-refractivity contribution in [2.24, 2.45) is 0 Å². The Balaban J connectivity index is 0.000000224. The molecule has 0 saturated carbocycles. The molecule has 1 heterocycles. The van der Waals surface area contributed by atoms with Gasteiger partial charge in [-0.05, 0) is 12.1 Å². The van der Waals surface area contributed by atoms with E-state index in [9.17, 15) is 10.1 Å². The first kappa shape index (κ1) is 18.2. The van der Waals surface area contributed by atoms with E-state index in [1.807, 2.05) is 0 Å². The van der Waals surface area contributed by atoms with E-state index in [1.165, 1.54) is 24.3 Å². The second-order valence-corrected chi connectivity index (χ2v) is 4.49. The van der Waals surface area contributed by atoms with Gasteiger partial charge in [0.05, 0.1) is 11.5 Å². The van der Waals surface area contributed by atoms with Crippen LogP contribution in [0, 0.1) is 10.1 Å². The highest BCUT2D eigenvalue weighted by Gasteiger charge is 2.42. The molecule has 0 aliphatic carbocycles. The molecule has 2 rings (SSSR count). The summed E-state index contributed by atoms with van der Waals surface area (Å²) in [6.07, 6.45) is -7.04. The highest BCUT2D eigenvalue weighted by atomic mass is 16.6. The average Bonchev–Trinajstić information content (AvgIpc) is 2.50. The molecular weight excluding hydrogens is 302 g/mol. The summed E-state index contributed by atoms with van der Waals surface area (Å²) in [5.74, 6) is 0.0330. The first-order chi connectivity index (χ1) is 10.3. The minimum Gasteiger partial charge on any atom is -0.508 e. The van der Waals surface area contributed by atoms with Crippen molar-refractivity contribution in [3.63, 3.8) is 0 Å². The summed E-state index contributed by atoms with van der Waals surface area (Å²) in [5.41, 5.74) is -0.0159. The van der Waals surface area contributed by atoms with Crippen molar-refractivity contribution < 1.29 is 40.3 Å². The molecule has 6 N–H and O–H groups in total. The lowest BCUT2D eigenvalue weighted by molar-refractivity contribution is -0.384. The number of ether oxygens (including phenoxy) is 1. The zero-order valence-corrected chi connectivity index (χ0v) is 11.3. The summed E-state index contributed by atoms with van der Waals surface area (Å²) in [4.78, 5) is 9.52. The Morgan fingerprint density at radius 1 is 1.05 bits per heavy atom. The highest BCUT2D eigenvalue weighted by molar-refractivity contribution is 5.34. The second kappa shape index (κ2) is 7.98. The Kier molecular flexibility index (Phi) is 6.61. The molecule has 0 radical (unpaired) electrons. The van der Waals surface area contributed by atoms with E-state index in [-0.39, 0.29) is 11.4 Å². The summed E-state index contributed by atoms with van der Waals surface area (Å²) in [7, 11) is 0. The van der Waals surface area contributed by atoms with Gasteiger partial charge < -0.3 is 35.4 Å². The van der Waals surface area contributed by atoms with Gasteiger partial charge in [0.1, 0.15) is 30.2 Å². The third kappa shape index (κ3) is 4.59. The van der Waals surface area contributed by atoms with Crippen molar-refractivity contribution in [1.82, 2.24) is 0 Å². The number of phenolic OH excluding ortho intramolecular Hbond substituents is 1. The molecule has 1 aliphatic rings. The third-order valence-electron chi connectivity index (χ3n) is 2.93. The Morgan fingerprint density at radius 2 is 1.59 bits per heavy atom. The molecule has 10 nitrogen and oxygen atoms in total. The lowest BCUT2D eigenvalue weighted by atomic mass is 10.00. The SMILES string of the molecule is O=[N+]([O-])c1ccc(O)cc1.OC[C@H]1O[C@@H](O)[C@H](O)[C@@H](O)[C@@H]1O. The Bertz CT molecular complexity index is 475. The second-order valence-electron chi connectivity index (χ2n) is 4.49. The number of hydrogen-bond acceptors (Lipinski definition) is 9. The van der Waals surface area contributed by atoms with Gasteiger partial charge in [0.2, 0.25) is 0 Å². The molecule has 1 aliphatic heterocycles. The van der Waals surface area contributed by atoms with Gasteiger partial charge in [0.25, 0.3) is 5.69 Å². The zero-order chi connectivity index (χ0) is 16.9. The molecule has 0 spiro atoms. The number of aromatic hydroxyl groups is 1. The highest BCUT2D eigenvalue weighted by Crippen LogP contribution is 2.19. The molecule has 0 bridgehead atoms. The summed E-state index contributed by atoms with van der Waals surface area (Å²) in [6, 6.07) is 5.04. The van der Waals surface area contributed by atoms with E-state index < -0.39 is 42.2 Å². The van der Waals surface area contributed by atoms with Gasteiger partial charge >= 0.3 is 0 Å². The van der Waals surface area contributed by atoms with E-state index >= 15 is 0 Å². The summed E-state index contributed by atoms with van der Waals surface area (Å²) in [6.45, 7) is -0.526. The monoisotopic (exact) mass is 319 g/mol. The first-order valence-corrected chi connectivity index (χ1v) is 6.20. The molecule has 0 unspecified atom stereocenters. The number of hydrogen-bond donors (Lipinski definition) is 6. The quantitative estimate of drug-likeness (QED) is 0.268. The fourth-order valence-electron chi connectivity index (χ4n) is 1.66. The lowest BCUT2D eigenvalue weighted by Crippen LogP contribution is -2.58. The van der Waals surface area contributed by atoms with Crippen molar-refractivity contribution in [2.75, 3.05) is 6.61 Å². The van der Waals surface area contributed by atoms with Gasteiger partial charge in [-0.2, -0.15) is 0 Å². The number of non-ortho nitro benzene ring substituents is 1. The maximum absolute atomic E-state index is 10.0. The fraction of sp³-hybridized carbons (Fsp3) is 0.500. The van der Waals surface area contributed by atoms with E-state index in [4.69, 9.17) is 30.6 Å². The minimum atomic E-state index is -1.57. The van der Waals surface area contributed by atoms with Gasteiger partial charge in [-0.3, -0.25) is 10.1 Å². The van der Waals surface area contributed by atoms with Crippen LogP contribution in [0.2, 0.25) is 0 Å². The Morgan fingerprint density at radius 3 is 2.05 bits per heavy atom. The molecular formula is C12H17NO9. The Hall–Kier alpha value is -1.82. The van der Waals surface area contributed by atoms with Crippen molar-refractivity contribution in [3.8, 4) is 5.75 Å². The molecule has 1 fully saturated rings. The largest absolute Gasteiger partial charge is 0.508 e. The summed E-state index contributed by atoms with van der Waals surface area (Å²) < 4.78 is 4.58. The zero-order valence-electron chi connectivity index (χ0n) is 11.3. The van der Waals surface area contributed by atoms with Gasteiger partial charge in [-0.25, -0.2) is 0 Å². The minimum absolute atomic E-state index is 0.0159. The van der Waals surface area contributed by atoms with Crippen LogP contribution in [0.5, 0.6) is 5.75 Å². The number of aliphatic hydroxyl groups is 5. The molecule has 10 heteroatoms. The molecule has 5 atom stereocenters. The number of rotatable bonds is 2. The number of nitro groups is 1. The van der Waals surface area contributed by atoms with Crippen LogP contribution < -0.4 is 0 Å². The third-order valence-corrected chi connectivity index (χ3v) is 2.93. The van der Waals surface area contributed by atoms with Crippen LogP contribution in [0.1, 0.15) is 0 Å². The topological polar surface area (TPSA) is 174 Å².